The lowest BCUT2D eigenvalue weighted by Crippen LogP contribution is -2.52. The number of carbonyl (C=O) groups excluding carboxylic acids is 1. The zero-order chi connectivity index (χ0) is 30.8. The standard InChI is InChI=1S/C33H34N2O8/c1-21-19-35(31(39)34-30(21)38)29-18-28(37)32(43-29,22(2)36)20-42-33(23-8-6-5-7-9-23,24-10-14-26(40-3)15-11-24)25-12-16-27(41-4)17-13-25/h5-17,19,28-29,37H,18,20H2,1-4H3,(H,34,38,39)/t28-,29+,32-/m0/s1. The largest absolute Gasteiger partial charge is 0.497 e. The number of ketones is 1. The molecular formula is C33H34N2O8. The van der Waals surface area contributed by atoms with Crippen LogP contribution in [0.5, 0.6) is 11.5 Å². The second-order valence-electron chi connectivity index (χ2n) is 10.5. The first-order valence-corrected chi connectivity index (χ1v) is 13.8. The van der Waals surface area contributed by atoms with Gasteiger partial charge < -0.3 is 24.1 Å². The third kappa shape index (κ3) is 5.40. The van der Waals surface area contributed by atoms with Crippen molar-refractivity contribution in [1.82, 2.24) is 9.55 Å². The smallest absolute Gasteiger partial charge is 0.330 e. The molecule has 3 aromatic carbocycles. The number of nitrogens with zero attached hydrogens (tertiary/aromatic N) is 1. The maximum Gasteiger partial charge on any atom is 0.330 e. The minimum atomic E-state index is -1.81. The molecule has 4 aromatic rings. The summed E-state index contributed by atoms with van der Waals surface area (Å²) < 4.78 is 25.1. The number of aromatic amines is 1. The van der Waals surface area contributed by atoms with Crippen molar-refractivity contribution < 1.29 is 28.8 Å². The van der Waals surface area contributed by atoms with Gasteiger partial charge >= 0.3 is 5.69 Å². The van der Waals surface area contributed by atoms with Crippen LogP contribution in [0.2, 0.25) is 0 Å². The first kappa shape index (κ1) is 30.0. The maximum atomic E-state index is 13.3. The van der Waals surface area contributed by atoms with Crippen LogP contribution in [0.1, 0.15) is 41.8 Å². The number of hydrogen-bond donors (Lipinski definition) is 2. The molecule has 0 saturated carbocycles. The van der Waals surface area contributed by atoms with Crippen LogP contribution in [0, 0.1) is 6.92 Å². The number of aliphatic hydroxyl groups is 1. The lowest BCUT2D eigenvalue weighted by molar-refractivity contribution is -0.176. The van der Waals surface area contributed by atoms with Crippen LogP contribution in [0.3, 0.4) is 0 Å². The van der Waals surface area contributed by atoms with Gasteiger partial charge in [-0.25, -0.2) is 4.79 Å². The van der Waals surface area contributed by atoms with E-state index in [1.165, 1.54) is 17.7 Å². The van der Waals surface area contributed by atoms with Gasteiger partial charge in [-0.1, -0.05) is 54.6 Å². The van der Waals surface area contributed by atoms with Gasteiger partial charge in [-0.15, -0.1) is 0 Å². The average Bonchev–Trinajstić information content (AvgIpc) is 3.37. The zero-order valence-electron chi connectivity index (χ0n) is 24.4. The molecule has 0 unspecified atom stereocenters. The lowest BCUT2D eigenvalue weighted by atomic mass is 9.79. The molecule has 1 aliphatic heterocycles. The van der Waals surface area contributed by atoms with E-state index in [0.717, 1.165) is 16.7 Å². The second-order valence-corrected chi connectivity index (χ2v) is 10.5. The van der Waals surface area contributed by atoms with E-state index in [2.05, 4.69) is 4.98 Å². The predicted molar refractivity (Wildman–Crippen MR) is 158 cm³/mol. The highest BCUT2D eigenvalue weighted by Gasteiger charge is 2.54. The van der Waals surface area contributed by atoms with Gasteiger partial charge in [-0.2, -0.15) is 0 Å². The third-order valence-corrected chi connectivity index (χ3v) is 8.04. The molecule has 0 amide bonds. The van der Waals surface area contributed by atoms with Crippen LogP contribution in [0.25, 0.3) is 0 Å². The number of benzene rings is 3. The van der Waals surface area contributed by atoms with Gasteiger partial charge in [0, 0.05) is 18.2 Å². The quantitative estimate of drug-likeness (QED) is 0.270. The minimum absolute atomic E-state index is 0.0717. The van der Waals surface area contributed by atoms with Gasteiger partial charge in [0.1, 0.15) is 23.3 Å². The summed E-state index contributed by atoms with van der Waals surface area (Å²) in [5.74, 6) is 0.836. The van der Waals surface area contributed by atoms with E-state index in [9.17, 15) is 19.5 Å². The Morgan fingerprint density at radius 3 is 2.00 bits per heavy atom. The number of hydrogen-bond acceptors (Lipinski definition) is 8. The Hall–Kier alpha value is -4.51. The van der Waals surface area contributed by atoms with Crippen molar-refractivity contribution >= 4 is 5.78 Å². The molecule has 224 valence electrons. The van der Waals surface area contributed by atoms with Crippen LogP contribution in [-0.4, -0.2) is 53.0 Å². The molecule has 0 radical (unpaired) electrons. The Morgan fingerprint density at radius 1 is 0.953 bits per heavy atom. The van der Waals surface area contributed by atoms with Gasteiger partial charge in [0.05, 0.1) is 26.9 Å². The van der Waals surface area contributed by atoms with Crippen molar-refractivity contribution in [2.75, 3.05) is 20.8 Å². The number of aromatic nitrogens is 2. The van der Waals surface area contributed by atoms with Crippen LogP contribution in [0.15, 0.2) is 94.6 Å². The molecule has 43 heavy (non-hydrogen) atoms. The highest BCUT2D eigenvalue weighted by Crippen LogP contribution is 2.45. The summed E-state index contributed by atoms with van der Waals surface area (Å²) >= 11 is 0. The molecule has 10 heteroatoms. The summed E-state index contributed by atoms with van der Waals surface area (Å²) in [6.07, 6.45) is -1.04. The van der Waals surface area contributed by atoms with Crippen molar-refractivity contribution in [3.8, 4) is 11.5 Å². The molecule has 0 aliphatic carbocycles. The molecule has 1 aromatic heterocycles. The highest BCUT2D eigenvalue weighted by molar-refractivity contribution is 5.86. The number of rotatable bonds is 10. The number of ether oxygens (including phenoxy) is 4. The summed E-state index contributed by atoms with van der Waals surface area (Å²) in [7, 11) is 3.17. The lowest BCUT2D eigenvalue weighted by Gasteiger charge is -2.39. The molecule has 5 rings (SSSR count). The summed E-state index contributed by atoms with van der Waals surface area (Å²) in [5, 5.41) is 11.4. The number of nitrogens with one attached hydrogen (secondary N) is 1. The molecular weight excluding hydrogens is 552 g/mol. The van der Waals surface area contributed by atoms with Gasteiger partial charge in [0.25, 0.3) is 5.56 Å². The van der Waals surface area contributed by atoms with Crippen molar-refractivity contribution in [1.29, 1.82) is 0 Å². The molecule has 1 saturated heterocycles. The minimum Gasteiger partial charge on any atom is -0.497 e. The Bertz CT molecular complexity index is 1650. The topological polar surface area (TPSA) is 129 Å². The van der Waals surface area contributed by atoms with Crippen molar-refractivity contribution in [3.05, 3.63) is 128 Å². The molecule has 1 aliphatic rings. The van der Waals surface area contributed by atoms with E-state index in [0.29, 0.717) is 11.5 Å². The van der Waals surface area contributed by atoms with Gasteiger partial charge in [0.2, 0.25) is 0 Å². The van der Waals surface area contributed by atoms with Crippen molar-refractivity contribution in [3.63, 3.8) is 0 Å². The van der Waals surface area contributed by atoms with Crippen molar-refractivity contribution in [2.45, 2.75) is 43.8 Å². The maximum absolute atomic E-state index is 13.3. The van der Waals surface area contributed by atoms with Gasteiger partial charge in [0.15, 0.2) is 11.4 Å². The van der Waals surface area contributed by atoms with Gasteiger partial charge in [-0.05, 0) is 54.8 Å². The summed E-state index contributed by atoms with van der Waals surface area (Å²) in [6.45, 7) is 2.52. The van der Waals surface area contributed by atoms with E-state index in [4.69, 9.17) is 18.9 Å². The predicted octanol–water partition coefficient (Wildman–Crippen LogP) is 3.48. The third-order valence-electron chi connectivity index (χ3n) is 8.04. The summed E-state index contributed by atoms with van der Waals surface area (Å²) in [5.41, 5.74) is -1.78. The molecule has 0 spiro atoms. The van der Waals surface area contributed by atoms with Gasteiger partial charge in [-0.3, -0.25) is 19.1 Å². The summed E-state index contributed by atoms with van der Waals surface area (Å²) in [4.78, 5) is 40.2. The van der Waals surface area contributed by atoms with Crippen molar-refractivity contribution in [2.24, 2.45) is 0 Å². The fourth-order valence-electron chi connectivity index (χ4n) is 5.56. The molecule has 2 heterocycles. The van der Waals surface area contributed by atoms with Crippen LogP contribution in [-0.2, 0) is 19.9 Å². The molecule has 10 nitrogen and oxygen atoms in total. The van der Waals surface area contributed by atoms with E-state index in [1.807, 2.05) is 78.9 Å². The average molecular weight is 587 g/mol. The molecule has 0 bridgehead atoms. The number of Topliss-reactive ketones (excluding diaryl/α,β-unsaturated/α-hetero) is 1. The number of methoxy groups -OCH3 is 2. The van der Waals surface area contributed by atoms with Crippen LogP contribution >= 0.6 is 0 Å². The fraction of sp³-hybridized carbons (Fsp3) is 0.303. The first-order valence-electron chi connectivity index (χ1n) is 13.8. The SMILES string of the molecule is COc1ccc(C(OC[C@@]2(C(C)=O)O[C@@H](n3cc(C)c(=O)[nH]c3=O)C[C@@H]2O)(c2ccccc2)c2ccc(OC)cc2)cc1. The molecule has 1 fully saturated rings. The number of carbonyl (C=O) groups is 1. The number of aliphatic hydroxyl groups excluding tert-OH is 1. The monoisotopic (exact) mass is 586 g/mol. The summed E-state index contributed by atoms with van der Waals surface area (Å²) in [6, 6.07) is 24.3. The van der Waals surface area contributed by atoms with E-state index >= 15 is 0 Å². The Morgan fingerprint density at radius 2 is 1.49 bits per heavy atom. The van der Waals surface area contributed by atoms with Crippen LogP contribution in [0.4, 0.5) is 0 Å². The van der Waals surface area contributed by atoms with Crippen LogP contribution < -0.4 is 20.7 Å². The number of H-pyrrole nitrogens is 1. The molecule has 3 atom stereocenters. The Kier molecular flexibility index (Phi) is 8.36. The fourth-order valence-corrected chi connectivity index (χ4v) is 5.56. The first-order chi connectivity index (χ1) is 20.6. The van der Waals surface area contributed by atoms with E-state index in [1.54, 1.807) is 21.1 Å². The molecule has 2 N–H and O–H groups in total. The Labute approximate surface area is 248 Å². The zero-order valence-corrected chi connectivity index (χ0v) is 24.4. The highest BCUT2D eigenvalue weighted by atomic mass is 16.6. The normalized spacial score (nSPS) is 20.1. The van der Waals surface area contributed by atoms with E-state index in [-0.39, 0.29) is 18.6 Å². The Balaban J connectivity index is 1.63. The van der Waals surface area contributed by atoms with E-state index < -0.39 is 40.6 Å². The second kappa shape index (κ2) is 12.0. The number of aryl methyl sites for hydroxylation is 1.